The summed E-state index contributed by atoms with van der Waals surface area (Å²) in [6, 6.07) is 7.90. The first-order valence-corrected chi connectivity index (χ1v) is 5.41. The smallest absolute Gasteiger partial charge is 0.229 e. The van der Waals surface area contributed by atoms with Crippen LogP contribution >= 0.6 is 11.5 Å². The summed E-state index contributed by atoms with van der Waals surface area (Å²) in [5, 5.41) is 2.15. The third kappa shape index (κ3) is 1.05. The average molecular weight is 216 g/mol. The Morgan fingerprint density at radius 3 is 2.93 bits per heavy atom. The summed E-state index contributed by atoms with van der Waals surface area (Å²) >= 11 is 1.36. The van der Waals surface area contributed by atoms with Gasteiger partial charge in [-0.25, -0.2) is 0 Å². The van der Waals surface area contributed by atoms with Crippen molar-refractivity contribution in [3.8, 4) is 0 Å². The molecule has 1 aromatic carbocycles. The maximum atomic E-state index is 11.6. The Bertz CT molecular complexity index is 665. The Balaban J connectivity index is 2.64. The number of fused-ring (bicyclic) bond motifs is 3. The lowest BCUT2D eigenvalue weighted by atomic mass is 10.2. The van der Waals surface area contributed by atoms with Crippen LogP contribution in [0.25, 0.3) is 21.1 Å². The molecule has 3 rings (SSSR count). The molecule has 2 aromatic heterocycles. The minimum atomic E-state index is 0.0328. The molecule has 4 heteroatoms. The summed E-state index contributed by atoms with van der Waals surface area (Å²) in [5.74, 6) is 0.0328. The highest BCUT2D eigenvalue weighted by atomic mass is 32.1. The van der Waals surface area contributed by atoms with E-state index in [4.69, 9.17) is 0 Å². The van der Waals surface area contributed by atoms with Crippen molar-refractivity contribution in [2.45, 2.75) is 6.92 Å². The predicted molar refractivity (Wildman–Crippen MR) is 61.4 cm³/mol. The largest absolute Gasteiger partial charge is 0.274 e. The zero-order valence-electron chi connectivity index (χ0n) is 8.10. The molecule has 74 valence electrons. The first-order chi connectivity index (χ1) is 7.29. The van der Waals surface area contributed by atoms with Gasteiger partial charge in [0.1, 0.15) is 4.83 Å². The van der Waals surface area contributed by atoms with E-state index in [0.29, 0.717) is 0 Å². The Morgan fingerprint density at radius 2 is 2.13 bits per heavy atom. The van der Waals surface area contributed by atoms with Gasteiger partial charge < -0.3 is 0 Å². The Morgan fingerprint density at radius 1 is 1.33 bits per heavy atom. The molecule has 15 heavy (non-hydrogen) atoms. The molecule has 0 amide bonds. The average Bonchev–Trinajstić information content (AvgIpc) is 2.75. The van der Waals surface area contributed by atoms with Crippen molar-refractivity contribution in [2.75, 3.05) is 0 Å². The maximum absolute atomic E-state index is 11.6. The fraction of sp³-hybridized carbons (Fsp3) is 0.0909. The molecular formula is C11H8N2OS. The Labute approximate surface area is 90.1 Å². The fourth-order valence-corrected chi connectivity index (χ4v) is 2.73. The minimum absolute atomic E-state index is 0.0328. The van der Waals surface area contributed by atoms with Gasteiger partial charge in [0.25, 0.3) is 0 Å². The minimum Gasteiger partial charge on any atom is -0.274 e. The maximum Gasteiger partial charge on any atom is 0.229 e. The van der Waals surface area contributed by atoms with Crippen LogP contribution in [-0.2, 0) is 0 Å². The zero-order valence-corrected chi connectivity index (χ0v) is 8.91. The molecule has 0 aliphatic rings. The third-order valence-corrected chi connectivity index (χ3v) is 3.29. The van der Waals surface area contributed by atoms with Crippen LogP contribution in [0.1, 0.15) is 11.7 Å². The fourth-order valence-electron chi connectivity index (χ4n) is 1.90. The van der Waals surface area contributed by atoms with E-state index in [2.05, 4.69) is 4.37 Å². The molecule has 2 heterocycles. The van der Waals surface area contributed by atoms with Crippen molar-refractivity contribution in [2.24, 2.45) is 0 Å². The number of benzene rings is 1. The first kappa shape index (κ1) is 8.61. The molecule has 0 aliphatic carbocycles. The third-order valence-electron chi connectivity index (χ3n) is 2.50. The van der Waals surface area contributed by atoms with E-state index in [-0.39, 0.29) is 5.91 Å². The second kappa shape index (κ2) is 2.90. The highest BCUT2D eigenvalue weighted by Gasteiger charge is 2.13. The van der Waals surface area contributed by atoms with E-state index in [1.807, 2.05) is 30.5 Å². The molecule has 0 spiro atoms. The molecule has 0 aliphatic heterocycles. The molecule has 0 saturated heterocycles. The number of para-hydroxylation sites is 1. The molecule has 0 bridgehead atoms. The summed E-state index contributed by atoms with van der Waals surface area (Å²) in [5.41, 5.74) is 0.966. The van der Waals surface area contributed by atoms with Crippen LogP contribution in [0.4, 0.5) is 0 Å². The number of carbonyl (C=O) groups excluding carboxylic acids is 1. The molecule has 3 nitrogen and oxygen atoms in total. The van der Waals surface area contributed by atoms with Gasteiger partial charge in [-0.05, 0) is 17.6 Å². The van der Waals surface area contributed by atoms with Crippen LogP contribution < -0.4 is 0 Å². The highest BCUT2D eigenvalue weighted by molar-refractivity contribution is 7.13. The van der Waals surface area contributed by atoms with Crippen molar-refractivity contribution in [1.82, 2.24) is 8.94 Å². The van der Waals surface area contributed by atoms with Crippen molar-refractivity contribution in [3.63, 3.8) is 0 Å². The Hall–Kier alpha value is -1.68. The van der Waals surface area contributed by atoms with Gasteiger partial charge in [0.05, 0.1) is 11.7 Å². The highest BCUT2D eigenvalue weighted by Crippen LogP contribution is 2.30. The lowest BCUT2D eigenvalue weighted by Crippen LogP contribution is -2.03. The van der Waals surface area contributed by atoms with Crippen LogP contribution in [0, 0.1) is 0 Å². The van der Waals surface area contributed by atoms with Gasteiger partial charge in [0.2, 0.25) is 5.91 Å². The molecule has 0 N–H and O–H groups in total. The predicted octanol–water partition coefficient (Wildman–Crippen LogP) is 2.91. The number of hydrogen-bond donors (Lipinski definition) is 0. The number of rotatable bonds is 0. The van der Waals surface area contributed by atoms with Gasteiger partial charge in [0.15, 0.2) is 0 Å². The summed E-state index contributed by atoms with van der Waals surface area (Å²) in [4.78, 5) is 12.5. The quantitative estimate of drug-likeness (QED) is 0.579. The molecule has 0 saturated carbocycles. The lowest BCUT2D eigenvalue weighted by Gasteiger charge is -1.98. The van der Waals surface area contributed by atoms with Crippen molar-refractivity contribution in [3.05, 3.63) is 30.5 Å². The number of carbonyl (C=O) groups is 1. The van der Waals surface area contributed by atoms with Gasteiger partial charge in [0, 0.05) is 17.7 Å². The van der Waals surface area contributed by atoms with E-state index in [1.165, 1.54) is 11.5 Å². The first-order valence-electron chi connectivity index (χ1n) is 4.64. The molecule has 0 fully saturated rings. The van der Waals surface area contributed by atoms with E-state index in [9.17, 15) is 4.79 Å². The zero-order chi connectivity index (χ0) is 10.4. The summed E-state index contributed by atoms with van der Waals surface area (Å²) < 4.78 is 5.85. The number of nitrogens with zero attached hydrogens (tertiary/aromatic N) is 2. The van der Waals surface area contributed by atoms with Gasteiger partial charge in [-0.2, -0.15) is 4.37 Å². The molecule has 0 unspecified atom stereocenters. The molecule has 3 aromatic rings. The SMILES string of the molecule is CC(=O)n1c2ccccc2c2cnsc21. The van der Waals surface area contributed by atoms with E-state index < -0.39 is 0 Å². The van der Waals surface area contributed by atoms with Crippen LogP contribution in [-0.4, -0.2) is 14.8 Å². The van der Waals surface area contributed by atoms with Crippen molar-refractivity contribution < 1.29 is 4.79 Å². The summed E-state index contributed by atoms with van der Waals surface area (Å²) in [7, 11) is 0. The van der Waals surface area contributed by atoms with Gasteiger partial charge in [-0.1, -0.05) is 18.2 Å². The van der Waals surface area contributed by atoms with E-state index >= 15 is 0 Å². The van der Waals surface area contributed by atoms with Crippen molar-refractivity contribution in [1.29, 1.82) is 0 Å². The number of aromatic nitrogens is 2. The van der Waals surface area contributed by atoms with Crippen LogP contribution in [0.2, 0.25) is 0 Å². The van der Waals surface area contributed by atoms with Crippen LogP contribution in [0.5, 0.6) is 0 Å². The molecular weight excluding hydrogens is 208 g/mol. The summed E-state index contributed by atoms with van der Waals surface area (Å²) in [6.45, 7) is 1.57. The monoisotopic (exact) mass is 216 g/mol. The number of hydrogen-bond acceptors (Lipinski definition) is 3. The van der Waals surface area contributed by atoms with Gasteiger partial charge >= 0.3 is 0 Å². The lowest BCUT2D eigenvalue weighted by molar-refractivity contribution is 0.0947. The topological polar surface area (TPSA) is 34.9 Å². The van der Waals surface area contributed by atoms with Gasteiger partial charge in [-0.3, -0.25) is 9.36 Å². The molecule has 0 radical (unpaired) electrons. The standard InChI is InChI=1S/C11H8N2OS/c1-7(14)13-10-5-3-2-4-8(10)9-6-12-15-11(9)13/h2-6H,1H3. The van der Waals surface area contributed by atoms with E-state index in [0.717, 1.165) is 21.1 Å². The summed E-state index contributed by atoms with van der Waals surface area (Å²) in [6.07, 6.45) is 1.82. The van der Waals surface area contributed by atoms with E-state index in [1.54, 1.807) is 11.5 Å². The normalized spacial score (nSPS) is 11.3. The van der Waals surface area contributed by atoms with Crippen LogP contribution in [0.15, 0.2) is 30.5 Å². The van der Waals surface area contributed by atoms with Crippen molar-refractivity contribution >= 4 is 38.6 Å². The second-order valence-electron chi connectivity index (χ2n) is 3.42. The van der Waals surface area contributed by atoms with Crippen LogP contribution in [0.3, 0.4) is 0 Å². The molecule has 0 atom stereocenters. The second-order valence-corrected chi connectivity index (χ2v) is 4.20. The Kier molecular flexibility index (Phi) is 1.67. The van der Waals surface area contributed by atoms with Gasteiger partial charge in [-0.15, -0.1) is 0 Å².